The molecule has 0 aliphatic rings. The predicted octanol–water partition coefficient (Wildman–Crippen LogP) is 2.56. The van der Waals surface area contributed by atoms with Crippen LogP contribution in [0.15, 0.2) is 35.2 Å². The zero-order valence-electron chi connectivity index (χ0n) is 7.71. The molecule has 1 heterocycles. The zero-order valence-corrected chi connectivity index (χ0v) is 7.71. The average Bonchev–Trinajstić information content (AvgIpc) is 2.69. The van der Waals surface area contributed by atoms with Gasteiger partial charge in [-0.25, -0.2) is 13.8 Å². The van der Waals surface area contributed by atoms with Crippen molar-refractivity contribution in [3.63, 3.8) is 0 Å². The largest absolute Gasteiger partial charge is 0.447 e. The Balaban J connectivity index is 2.05. The summed E-state index contributed by atoms with van der Waals surface area (Å²) in [6.45, 7) is 0.308. The van der Waals surface area contributed by atoms with E-state index in [1.54, 1.807) is 0 Å². The lowest BCUT2D eigenvalue weighted by Crippen LogP contribution is -2.00. The molecule has 1 N–H and O–H groups in total. The SMILES string of the molecule is Fc1ccc(NCc2cnco2)c(F)c1. The summed E-state index contributed by atoms with van der Waals surface area (Å²) in [5.41, 5.74) is 0.229. The molecule has 2 rings (SSSR count). The van der Waals surface area contributed by atoms with Crippen LogP contribution in [-0.2, 0) is 6.54 Å². The van der Waals surface area contributed by atoms with Crippen LogP contribution in [0.25, 0.3) is 0 Å². The maximum absolute atomic E-state index is 13.1. The van der Waals surface area contributed by atoms with Gasteiger partial charge in [0.2, 0.25) is 0 Å². The number of aromatic nitrogens is 1. The summed E-state index contributed by atoms with van der Waals surface area (Å²) in [5, 5.41) is 2.77. The highest BCUT2D eigenvalue weighted by atomic mass is 19.1. The van der Waals surface area contributed by atoms with Crippen LogP contribution < -0.4 is 5.32 Å². The Bertz CT molecular complexity index is 443. The lowest BCUT2D eigenvalue weighted by Gasteiger charge is -2.04. The van der Waals surface area contributed by atoms with E-state index < -0.39 is 11.6 Å². The van der Waals surface area contributed by atoms with Crippen LogP contribution in [0.4, 0.5) is 14.5 Å². The molecule has 3 nitrogen and oxygen atoms in total. The van der Waals surface area contributed by atoms with Crippen molar-refractivity contribution >= 4 is 5.69 Å². The Morgan fingerprint density at radius 3 is 2.87 bits per heavy atom. The van der Waals surface area contributed by atoms with E-state index in [1.165, 1.54) is 24.7 Å². The molecule has 0 amide bonds. The molecule has 0 radical (unpaired) electrons. The first-order valence-corrected chi connectivity index (χ1v) is 4.32. The zero-order chi connectivity index (χ0) is 10.7. The minimum absolute atomic E-state index is 0.229. The van der Waals surface area contributed by atoms with Gasteiger partial charge in [-0.1, -0.05) is 0 Å². The first kappa shape index (κ1) is 9.64. The van der Waals surface area contributed by atoms with Crippen molar-refractivity contribution in [1.29, 1.82) is 0 Å². The summed E-state index contributed by atoms with van der Waals surface area (Å²) < 4.78 is 30.6. The summed E-state index contributed by atoms with van der Waals surface area (Å²) in [6.07, 6.45) is 2.81. The highest BCUT2D eigenvalue weighted by molar-refractivity contribution is 5.44. The van der Waals surface area contributed by atoms with Crippen LogP contribution in [0.5, 0.6) is 0 Å². The first-order chi connectivity index (χ1) is 7.25. The Labute approximate surface area is 84.7 Å². The van der Waals surface area contributed by atoms with Gasteiger partial charge in [0.15, 0.2) is 6.39 Å². The van der Waals surface area contributed by atoms with E-state index in [9.17, 15) is 8.78 Å². The quantitative estimate of drug-likeness (QED) is 0.846. The average molecular weight is 210 g/mol. The summed E-state index contributed by atoms with van der Waals surface area (Å²) in [5.74, 6) is -0.647. The van der Waals surface area contributed by atoms with Gasteiger partial charge in [-0.15, -0.1) is 0 Å². The van der Waals surface area contributed by atoms with E-state index in [0.29, 0.717) is 12.3 Å². The van der Waals surface area contributed by atoms with Gasteiger partial charge in [0, 0.05) is 6.07 Å². The van der Waals surface area contributed by atoms with Crippen molar-refractivity contribution < 1.29 is 13.2 Å². The summed E-state index contributed by atoms with van der Waals surface area (Å²) >= 11 is 0. The second-order valence-electron chi connectivity index (χ2n) is 2.95. The molecule has 0 bridgehead atoms. The third kappa shape index (κ3) is 2.31. The maximum atomic E-state index is 13.1. The topological polar surface area (TPSA) is 38.1 Å². The van der Waals surface area contributed by atoms with Gasteiger partial charge in [-0.2, -0.15) is 0 Å². The minimum atomic E-state index is -0.630. The van der Waals surface area contributed by atoms with Crippen molar-refractivity contribution in [3.05, 3.63) is 48.2 Å². The molecule has 2 aromatic rings. The van der Waals surface area contributed by atoms with Gasteiger partial charge < -0.3 is 9.73 Å². The van der Waals surface area contributed by atoms with Crippen molar-refractivity contribution in [2.24, 2.45) is 0 Å². The van der Waals surface area contributed by atoms with Gasteiger partial charge in [0.25, 0.3) is 0 Å². The number of nitrogens with one attached hydrogen (secondary N) is 1. The Morgan fingerprint density at radius 2 is 2.20 bits per heavy atom. The molecular weight excluding hydrogens is 202 g/mol. The normalized spacial score (nSPS) is 10.3. The van der Waals surface area contributed by atoms with E-state index in [-0.39, 0.29) is 5.69 Å². The number of oxazole rings is 1. The monoisotopic (exact) mass is 210 g/mol. The van der Waals surface area contributed by atoms with E-state index in [1.807, 2.05) is 0 Å². The molecule has 0 spiro atoms. The Kier molecular flexibility index (Phi) is 2.62. The Hall–Kier alpha value is -1.91. The van der Waals surface area contributed by atoms with Crippen molar-refractivity contribution in [2.45, 2.75) is 6.54 Å². The standard InChI is InChI=1S/C10H8F2N2O/c11-7-1-2-10(9(12)3-7)14-5-8-4-13-6-15-8/h1-4,6,14H,5H2. The van der Waals surface area contributed by atoms with Crippen LogP contribution in [-0.4, -0.2) is 4.98 Å². The molecule has 0 fully saturated rings. The number of hydrogen-bond donors (Lipinski definition) is 1. The number of nitrogens with zero attached hydrogens (tertiary/aromatic N) is 1. The molecule has 1 aromatic carbocycles. The molecule has 0 aliphatic carbocycles. The van der Waals surface area contributed by atoms with Crippen LogP contribution in [0.1, 0.15) is 5.76 Å². The van der Waals surface area contributed by atoms with Crippen molar-refractivity contribution in [3.8, 4) is 0 Å². The molecule has 0 saturated heterocycles. The van der Waals surface area contributed by atoms with E-state index in [2.05, 4.69) is 10.3 Å². The maximum Gasteiger partial charge on any atom is 0.180 e. The molecule has 0 atom stereocenters. The predicted molar refractivity (Wildman–Crippen MR) is 50.2 cm³/mol. The lowest BCUT2D eigenvalue weighted by molar-refractivity contribution is 0.511. The van der Waals surface area contributed by atoms with Crippen LogP contribution in [0, 0.1) is 11.6 Å². The first-order valence-electron chi connectivity index (χ1n) is 4.32. The van der Waals surface area contributed by atoms with Crippen LogP contribution >= 0.6 is 0 Å². The fourth-order valence-corrected chi connectivity index (χ4v) is 1.14. The highest BCUT2D eigenvalue weighted by Gasteiger charge is 2.03. The van der Waals surface area contributed by atoms with Gasteiger partial charge in [0.1, 0.15) is 17.4 Å². The fraction of sp³-hybridized carbons (Fsp3) is 0.100. The smallest absolute Gasteiger partial charge is 0.180 e. The number of benzene rings is 1. The molecular formula is C10H8F2N2O. The molecule has 0 saturated carbocycles. The molecule has 1 aromatic heterocycles. The van der Waals surface area contributed by atoms with Crippen molar-refractivity contribution in [1.82, 2.24) is 4.98 Å². The second-order valence-corrected chi connectivity index (χ2v) is 2.95. The molecule has 0 unspecified atom stereocenters. The van der Waals surface area contributed by atoms with Crippen LogP contribution in [0.2, 0.25) is 0 Å². The molecule has 15 heavy (non-hydrogen) atoms. The minimum Gasteiger partial charge on any atom is -0.447 e. The number of hydrogen-bond acceptors (Lipinski definition) is 3. The number of rotatable bonds is 3. The fourth-order valence-electron chi connectivity index (χ4n) is 1.14. The Morgan fingerprint density at radius 1 is 1.33 bits per heavy atom. The van der Waals surface area contributed by atoms with E-state index >= 15 is 0 Å². The molecule has 78 valence electrons. The lowest BCUT2D eigenvalue weighted by atomic mass is 10.3. The summed E-state index contributed by atoms with van der Waals surface area (Å²) in [6, 6.07) is 3.34. The van der Waals surface area contributed by atoms with Crippen molar-refractivity contribution in [2.75, 3.05) is 5.32 Å². The number of anilines is 1. The van der Waals surface area contributed by atoms with Gasteiger partial charge in [-0.05, 0) is 12.1 Å². The summed E-state index contributed by atoms with van der Waals surface area (Å²) in [7, 11) is 0. The van der Waals surface area contributed by atoms with Crippen LogP contribution in [0.3, 0.4) is 0 Å². The summed E-state index contributed by atoms with van der Waals surface area (Å²) in [4.78, 5) is 3.71. The van der Waals surface area contributed by atoms with E-state index in [0.717, 1.165) is 6.07 Å². The number of halogens is 2. The molecule has 0 aliphatic heterocycles. The highest BCUT2D eigenvalue weighted by Crippen LogP contribution is 2.15. The van der Waals surface area contributed by atoms with Gasteiger partial charge in [-0.3, -0.25) is 0 Å². The molecule has 5 heteroatoms. The third-order valence-corrected chi connectivity index (χ3v) is 1.87. The van der Waals surface area contributed by atoms with E-state index in [4.69, 9.17) is 4.42 Å². The third-order valence-electron chi connectivity index (χ3n) is 1.87. The van der Waals surface area contributed by atoms with Gasteiger partial charge in [0.05, 0.1) is 18.4 Å². The van der Waals surface area contributed by atoms with Gasteiger partial charge >= 0.3 is 0 Å². The second kappa shape index (κ2) is 4.08.